The molecule has 1 amide bonds. The summed E-state index contributed by atoms with van der Waals surface area (Å²) in [4.78, 5) is 19.4. The number of piperidine rings is 1. The lowest BCUT2D eigenvalue weighted by Crippen LogP contribution is -2.34. The van der Waals surface area contributed by atoms with Crippen LogP contribution in [0.2, 0.25) is 0 Å². The summed E-state index contributed by atoms with van der Waals surface area (Å²) < 4.78 is 0. The average Bonchev–Trinajstić information content (AvgIpc) is 2.74. The van der Waals surface area contributed by atoms with Crippen molar-refractivity contribution in [2.24, 2.45) is 0 Å². The summed E-state index contributed by atoms with van der Waals surface area (Å²) in [5.74, 6) is 0.154. The molecular formula is C21H22N2O. The maximum atomic E-state index is 12.9. The third-order valence-electron chi connectivity index (χ3n) is 5.15. The predicted molar refractivity (Wildman–Crippen MR) is 95.7 cm³/mol. The Morgan fingerprint density at radius 2 is 1.92 bits per heavy atom. The van der Waals surface area contributed by atoms with Crippen LogP contribution in [0.15, 0.2) is 42.1 Å². The number of pyridine rings is 1. The highest BCUT2D eigenvalue weighted by atomic mass is 16.2. The van der Waals surface area contributed by atoms with Gasteiger partial charge in [0.1, 0.15) is 0 Å². The van der Waals surface area contributed by atoms with Crippen LogP contribution in [0.3, 0.4) is 0 Å². The van der Waals surface area contributed by atoms with Crippen LogP contribution < -0.4 is 0 Å². The summed E-state index contributed by atoms with van der Waals surface area (Å²) in [5.41, 5.74) is 8.02. The first kappa shape index (κ1) is 15.1. The van der Waals surface area contributed by atoms with Crippen molar-refractivity contribution in [3.8, 4) is 0 Å². The summed E-state index contributed by atoms with van der Waals surface area (Å²) in [6.45, 7) is 2.97. The zero-order chi connectivity index (χ0) is 16.7. The molecule has 24 heavy (non-hydrogen) atoms. The largest absolute Gasteiger partial charge is 0.342 e. The topological polar surface area (TPSA) is 33.2 Å². The average molecular weight is 318 g/mol. The molecule has 0 atom stereocenters. The number of aromatic nitrogens is 1. The lowest BCUT2D eigenvalue weighted by atomic mass is 9.88. The molecule has 122 valence electrons. The van der Waals surface area contributed by atoms with Crippen LogP contribution >= 0.6 is 0 Å². The second-order valence-corrected chi connectivity index (χ2v) is 6.86. The van der Waals surface area contributed by atoms with Gasteiger partial charge in [-0.05, 0) is 55.4 Å². The third-order valence-corrected chi connectivity index (χ3v) is 5.15. The van der Waals surface area contributed by atoms with Crippen LogP contribution in [-0.2, 0) is 17.6 Å². The van der Waals surface area contributed by atoms with Gasteiger partial charge in [0, 0.05) is 30.9 Å². The number of hydrogen-bond acceptors (Lipinski definition) is 2. The van der Waals surface area contributed by atoms with E-state index in [4.69, 9.17) is 0 Å². The van der Waals surface area contributed by atoms with Crippen LogP contribution in [0.1, 0.15) is 40.8 Å². The van der Waals surface area contributed by atoms with Crippen LogP contribution in [0.5, 0.6) is 0 Å². The van der Waals surface area contributed by atoms with Gasteiger partial charge in [0.15, 0.2) is 0 Å². The van der Waals surface area contributed by atoms with Gasteiger partial charge < -0.3 is 4.90 Å². The van der Waals surface area contributed by atoms with Crippen LogP contribution in [0.4, 0.5) is 0 Å². The zero-order valence-electron chi connectivity index (χ0n) is 14.3. The minimum Gasteiger partial charge on any atom is -0.342 e. The first-order valence-electron chi connectivity index (χ1n) is 8.68. The molecule has 1 aliphatic heterocycles. The molecule has 0 bridgehead atoms. The first-order valence-corrected chi connectivity index (χ1v) is 8.68. The molecule has 0 radical (unpaired) electrons. The Labute approximate surface area is 143 Å². The molecule has 3 heteroatoms. The Balaban J connectivity index is 2.02. The van der Waals surface area contributed by atoms with Crippen molar-refractivity contribution in [1.82, 2.24) is 9.88 Å². The molecule has 1 saturated heterocycles. The molecule has 3 nitrogen and oxygen atoms in total. The molecule has 1 aliphatic carbocycles. The smallest absolute Gasteiger partial charge is 0.250 e. The van der Waals surface area contributed by atoms with E-state index in [1.165, 1.54) is 22.3 Å². The van der Waals surface area contributed by atoms with Crippen molar-refractivity contribution in [2.45, 2.75) is 32.6 Å². The zero-order valence-corrected chi connectivity index (χ0v) is 14.3. The molecule has 2 heterocycles. The molecule has 4 rings (SSSR count). The van der Waals surface area contributed by atoms with Gasteiger partial charge in [-0.1, -0.05) is 29.8 Å². The van der Waals surface area contributed by atoms with E-state index in [-0.39, 0.29) is 5.91 Å². The maximum absolute atomic E-state index is 12.9. The number of benzene rings is 1. The molecule has 1 aromatic carbocycles. The maximum Gasteiger partial charge on any atom is 0.250 e. The highest BCUT2D eigenvalue weighted by Gasteiger charge is 2.29. The van der Waals surface area contributed by atoms with Crippen molar-refractivity contribution in [1.29, 1.82) is 0 Å². The minimum atomic E-state index is 0.154. The van der Waals surface area contributed by atoms with E-state index < -0.39 is 0 Å². The number of carbonyl (C=O) groups excluding carboxylic acids is 1. The minimum absolute atomic E-state index is 0.154. The van der Waals surface area contributed by atoms with E-state index in [2.05, 4.69) is 36.2 Å². The number of fused-ring (bicyclic) bond motifs is 2. The number of rotatable bonds is 0. The highest BCUT2D eigenvalue weighted by Crippen LogP contribution is 2.37. The molecule has 0 saturated carbocycles. The van der Waals surface area contributed by atoms with Crippen LogP contribution in [0, 0.1) is 6.92 Å². The number of amides is 1. The van der Waals surface area contributed by atoms with Gasteiger partial charge in [-0.15, -0.1) is 0 Å². The number of carbonyl (C=O) groups is 1. The van der Waals surface area contributed by atoms with Crippen molar-refractivity contribution >= 4 is 11.5 Å². The number of likely N-dealkylation sites (tertiary alicyclic amines) is 1. The number of hydrogen-bond donors (Lipinski definition) is 0. The Hall–Kier alpha value is -2.42. The standard InChI is InChI=1S/C21H22N2O/c1-14-7-10-17-16(13-14)9-8-15-5-3-11-22-20(15)19(17)18-6-4-12-23(2)21(18)24/h3,5,7,10-11,13H,4,6,8-9,12H2,1-2H3/b19-18+. The molecule has 0 unspecified atom stereocenters. The van der Waals surface area contributed by atoms with Crippen LogP contribution in [-0.4, -0.2) is 29.4 Å². The van der Waals surface area contributed by atoms with E-state index in [9.17, 15) is 4.79 Å². The summed E-state index contributed by atoms with van der Waals surface area (Å²) in [7, 11) is 1.90. The molecular weight excluding hydrogens is 296 g/mol. The van der Waals surface area contributed by atoms with E-state index >= 15 is 0 Å². The monoisotopic (exact) mass is 318 g/mol. The quantitative estimate of drug-likeness (QED) is 0.696. The Kier molecular flexibility index (Phi) is 3.72. The summed E-state index contributed by atoms with van der Waals surface area (Å²) >= 11 is 0. The summed E-state index contributed by atoms with van der Waals surface area (Å²) in [5, 5.41) is 0. The lowest BCUT2D eigenvalue weighted by molar-refractivity contribution is -0.127. The Morgan fingerprint density at radius 3 is 2.79 bits per heavy atom. The second-order valence-electron chi connectivity index (χ2n) is 6.86. The Bertz CT molecular complexity index is 851. The molecule has 1 aromatic heterocycles. The van der Waals surface area contributed by atoms with Crippen molar-refractivity contribution in [2.75, 3.05) is 13.6 Å². The van der Waals surface area contributed by atoms with Gasteiger partial charge >= 0.3 is 0 Å². The fraction of sp³-hybridized carbons (Fsp3) is 0.333. The van der Waals surface area contributed by atoms with E-state index in [1.807, 2.05) is 24.2 Å². The fourth-order valence-electron chi connectivity index (χ4n) is 3.90. The van der Waals surface area contributed by atoms with Gasteiger partial charge in [-0.3, -0.25) is 9.78 Å². The van der Waals surface area contributed by atoms with Crippen molar-refractivity contribution in [3.05, 3.63) is 70.0 Å². The molecule has 0 N–H and O–H groups in total. The second kappa shape index (κ2) is 5.90. The van der Waals surface area contributed by atoms with E-state index in [0.717, 1.165) is 49.1 Å². The van der Waals surface area contributed by atoms with Gasteiger partial charge in [0.2, 0.25) is 5.91 Å². The van der Waals surface area contributed by atoms with Gasteiger partial charge in [0.25, 0.3) is 0 Å². The van der Waals surface area contributed by atoms with Gasteiger partial charge in [0.05, 0.1) is 5.69 Å². The normalized spacial score (nSPS) is 20.4. The number of aryl methyl sites for hydroxylation is 3. The predicted octanol–water partition coefficient (Wildman–Crippen LogP) is 3.54. The van der Waals surface area contributed by atoms with E-state index in [0.29, 0.717) is 0 Å². The first-order chi connectivity index (χ1) is 11.6. The SMILES string of the molecule is Cc1ccc2c(c1)CCc1cccnc1/C2=C1\CCCN(C)C1=O. The van der Waals surface area contributed by atoms with E-state index in [1.54, 1.807) is 0 Å². The molecule has 0 spiro atoms. The van der Waals surface area contributed by atoms with Gasteiger partial charge in [-0.25, -0.2) is 0 Å². The number of nitrogens with zero attached hydrogens (tertiary/aromatic N) is 2. The van der Waals surface area contributed by atoms with Gasteiger partial charge in [-0.2, -0.15) is 0 Å². The molecule has 2 aromatic rings. The summed E-state index contributed by atoms with van der Waals surface area (Å²) in [6.07, 6.45) is 5.67. The summed E-state index contributed by atoms with van der Waals surface area (Å²) in [6, 6.07) is 10.7. The fourth-order valence-corrected chi connectivity index (χ4v) is 3.90. The van der Waals surface area contributed by atoms with Crippen molar-refractivity contribution in [3.63, 3.8) is 0 Å². The Morgan fingerprint density at radius 1 is 1.08 bits per heavy atom. The highest BCUT2D eigenvalue weighted by molar-refractivity contribution is 6.05. The third kappa shape index (κ3) is 2.44. The molecule has 1 fully saturated rings. The molecule has 2 aliphatic rings. The van der Waals surface area contributed by atoms with Crippen molar-refractivity contribution < 1.29 is 4.79 Å². The van der Waals surface area contributed by atoms with Crippen LogP contribution in [0.25, 0.3) is 5.57 Å². The lowest BCUT2D eigenvalue weighted by Gasteiger charge is -2.27. The number of likely N-dealkylation sites (N-methyl/N-ethyl adjacent to an activating group) is 1.